The quantitative estimate of drug-likeness (QED) is 0.0934. The minimum Gasteiger partial charge on any atom is -0.753 e. The molecule has 0 spiro atoms. The third-order valence-electron chi connectivity index (χ3n) is 5.98. The van der Waals surface area contributed by atoms with Gasteiger partial charge in [0.25, 0.3) is 0 Å². The summed E-state index contributed by atoms with van der Waals surface area (Å²) in [4.78, 5) is 41.2. The van der Waals surface area contributed by atoms with Gasteiger partial charge in [0, 0.05) is 12.4 Å². The van der Waals surface area contributed by atoms with Gasteiger partial charge >= 0.3 is 31.4 Å². The number of aromatic carboxylic acids is 2. The number of rotatable bonds is 8. The molecule has 47 heavy (non-hydrogen) atoms. The van der Waals surface area contributed by atoms with Crippen molar-refractivity contribution in [3.63, 3.8) is 0 Å². The molecule has 0 bridgehead atoms. The maximum Gasteiger partial charge on any atom is 2.00 e. The first-order valence-electron chi connectivity index (χ1n) is 13.0. The fourth-order valence-corrected chi connectivity index (χ4v) is 3.94. The van der Waals surface area contributed by atoms with Crippen molar-refractivity contribution in [2.75, 3.05) is 7.11 Å². The molecule has 11 nitrogen and oxygen atoms in total. The molecule has 0 unspecified atom stereocenters. The predicted molar refractivity (Wildman–Crippen MR) is 182 cm³/mol. The summed E-state index contributed by atoms with van der Waals surface area (Å²) < 4.78 is 5.20. The summed E-state index contributed by atoms with van der Waals surface area (Å²) in [5, 5.41) is 36.0. The van der Waals surface area contributed by atoms with Gasteiger partial charge in [-0.3, -0.25) is 9.97 Å². The summed E-state index contributed by atoms with van der Waals surface area (Å²) in [6.07, 6.45) is 6.99. The van der Waals surface area contributed by atoms with E-state index in [4.69, 9.17) is 20.5 Å². The van der Waals surface area contributed by atoms with E-state index in [0.717, 1.165) is 16.9 Å². The second-order valence-corrected chi connectivity index (χ2v) is 9.20. The van der Waals surface area contributed by atoms with Gasteiger partial charge in [0.2, 0.25) is 0 Å². The summed E-state index contributed by atoms with van der Waals surface area (Å²) in [5.74, 6) is -1.50. The van der Waals surface area contributed by atoms with E-state index in [9.17, 15) is 19.8 Å². The number of hydrogen-bond acceptors (Lipinski definition) is 9. The van der Waals surface area contributed by atoms with Gasteiger partial charge in [-0.2, -0.15) is 10.3 Å². The van der Waals surface area contributed by atoms with Crippen molar-refractivity contribution in [3.05, 3.63) is 124 Å². The van der Waals surface area contributed by atoms with Crippen molar-refractivity contribution in [3.8, 4) is 39.9 Å². The van der Waals surface area contributed by atoms with Gasteiger partial charge < -0.3 is 25.8 Å². The number of carboxylic acids is 2. The van der Waals surface area contributed by atoms with Crippen LogP contribution in [0.3, 0.4) is 0 Å². The molecule has 5 aromatic rings. The van der Waals surface area contributed by atoms with Crippen LogP contribution in [0.5, 0.6) is 5.75 Å². The van der Waals surface area contributed by atoms with E-state index in [0.29, 0.717) is 22.8 Å². The average molecular weight is 748 g/mol. The summed E-state index contributed by atoms with van der Waals surface area (Å²) in [7, 11) is 1.63. The molecule has 0 saturated heterocycles. The maximum absolute atomic E-state index is 11.9. The van der Waals surface area contributed by atoms with Crippen molar-refractivity contribution < 1.29 is 44.0 Å². The first-order valence-corrected chi connectivity index (χ1v) is 13.8. The topological polar surface area (TPSA) is 180 Å². The second kappa shape index (κ2) is 19.1. The molecule has 4 heterocycles. The summed E-state index contributed by atoms with van der Waals surface area (Å²) in [5.41, 5.74) is 4.31. The minimum atomic E-state index is -1.16. The molecular formula is C33H22N6O5RuS2. The van der Waals surface area contributed by atoms with E-state index in [1.54, 1.807) is 25.4 Å². The smallest absolute Gasteiger partial charge is 0.753 e. The Kier molecular flexibility index (Phi) is 15.3. The van der Waals surface area contributed by atoms with Crippen LogP contribution >= 0.6 is 24.4 Å². The van der Waals surface area contributed by atoms with Crippen molar-refractivity contribution in [1.29, 1.82) is 0 Å². The molecule has 5 rings (SSSR count). The van der Waals surface area contributed by atoms with Crippen molar-refractivity contribution in [2.24, 2.45) is 0 Å². The van der Waals surface area contributed by atoms with E-state index in [1.165, 1.54) is 40.8 Å². The fraction of sp³-hybridized carbons (Fsp3) is 0.0303. The third-order valence-corrected chi connectivity index (χ3v) is 5.98. The number of thiocarbonyl (C=S) groups is 2. The number of aromatic nitrogens is 4. The Bertz CT molecular complexity index is 1950. The maximum atomic E-state index is 11.9. The number of nitrogens with zero attached hydrogens (tertiary/aromatic N) is 6. The van der Waals surface area contributed by atoms with Gasteiger partial charge in [0.15, 0.2) is 0 Å². The first-order chi connectivity index (χ1) is 22.2. The van der Waals surface area contributed by atoms with Gasteiger partial charge in [0.05, 0.1) is 52.4 Å². The monoisotopic (exact) mass is 748 g/mol. The Hall–Kier alpha value is -5.48. The Morgan fingerprint density at radius 1 is 0.681 bits per heavy atom. The summed E-state index contributed by atoms with van der Waals surface area (Å²) in [6, 6.07) is 22.3. The molecule has 0 aliphatic carbocycles. The van der Waals surface area contributed by atoms with Crippen LogP contribution in [0.4, 0.5) is 0 Å². The van der Waals surface area contributed by atoms with E-state index in [1.807, 2.05) is 54.6 Å². The number of benzene rings is 1. The zero-order valence-electron chi connectivity index (χ0n) is 24.3. The van der Waals surface area contributed by atoms with Gasteiger partial charge in [-0.05, 0) is 71.8 Å². The van der Waals surface area contributed by atoms with Crippen LogP contribution in [0.1, 0.15) is 31.8 Å². The van der Waals surface area contributed by atoms with E-state index < -0.39 is 11.9 Å². The predicted octanol–water partition coefficient (Wildman–Crippen LogP) is 7.16. The number of pyridine rings is 4. The van der Waals surface area contributed by atoms with Crippen molar-refractivity contribution in [1.82, 2.24) is 19.9 Å². The molecule has 0 atom stereocenters. The van der Waals surface area contributed by atoms with Crippen molar-refractivity contribution in [2.45, 2.75) is 0 Å². The molecule has 234 valence electrons. The van der Waals surface area contributed by atoms with Crippen LogP contribution in [0.25, 0.3) is 57.1 Å². The Morgan fingerprint density at radius 2 is 1.15 bits per heavy atom. The second-order valence-electron chi connectivity index (χ2n) is 8.84. The molecular weight excluding hydrogens is 726 g/mol. The Morgan fingerprint density at radius 3 is 1.72 bits per heavy atom. The molecule has 1 aromatic carbocycles. The average Bonchev–Trinajstić information content (AvgIpc) is 3.08. The SMILES string of the molecule is COc1ccc(/C=C/c2ccnc(-c3cccc(-c4cc(C(=O)O)cc(-c5cc(C(=O)O)ccn5)n4)n3)c2)cc1.[N-]=C=S.[N-]=C=S.[Ru+2]. The molecule has 0 aliphatic rings. The van der Waals surface area contributed by atoms with Gasteiger partial charge in [-0.25, -0.2) is 19.6 Å². The number of ether oxygens (including phenoxy) is 1. The van der Waals surface area contributed by atoms with Gasteiger partial charge in [-0.1, -0.05) is 54.8 Å². The number of hydrogen-bond donors (Lipinski definition) is 2. The van der Waals surface area contributed by atoms with Crippen LogP contribution in [-0.2, 0) is 19.5 Å². The number of methoxy groups -OCH3 is 1. The number of carbonyl (C=O) groups is 2. The van der Waals surface area contributed by atoms with Gasteiger partial charge in [-0.15, -0.1) is 0 Å². The molecule has 0 amide bonds. The number of isothiocyanates is 2. The zero-order valence-corrected chi connectivity index (χ0v) is 27.7. The summed E-state index contributed by atoms with van der Waals surface area (Å²) in [6.45, 7) is 0. The standard InChI is InChI=1S/C31H22N4O5.2CNS.Ru/c1-40-23-9-7-19(8-10-23)5-6-20-11-13-32-26(15-20)24-3-2-4-25(34-24)28-17-22(31(38)39)18-29(35-28)27-16-21(30(36)37)12-14-33-27;2*2-1-3;/h2-18H,1H3,(H,36,37)(H,38,39);;;/q;2*-1;+2/b6-5+;;;. The zero-order chi connectivity index (χ0) is 33.5. The minimum absolute atomic E-state index is 0. The molecule has 0 radical (unpaired) electrons. The fourth-order valence-electron chi connectivity index (χ4n) is 3.94. The molecule has 4 aromatic heterocycles. The normalized spacial score (nSPS) is 9.64. The molecule has 14 heteroatoms. The van der Waals surface area contributed by atoms with Crippen LogP contribution in [-0.4, -0.2) is 59.5 Å². The first kappa shape index (κ1) is 37.7. The summed E-state index contributed by atoms with van der Waals surface area (Å²) >= 11 is 7.40. The molecule has 0 saturated carbocycles. The van der Waals surface area contributed by atoms with E-state index >= 15 is 0 Å². The molecule has 0 aliphatic heterocycles. The Labute approximate surface area is 292 Å². The molecule has 0 fully saturated rings. The van der Waals surface area contributed by atoms with Crippen LogP contribution < -0.4 is 4.74 Å². The van der Waals surface area contributed by atoms with Crippen LogP contribution in [0.15, 0.2) is 91.3 Å². The van der Waals surface area contributed by atoms with Crippen LogP contribution in [0.2, 0.25) is 0 Å². The van der Waals surface area contributed by atoms with Crippen molar-refractivity contribution >= 4 is 58.8 Å². The van der Waals surface area contributed by atoms with Crippen LogP contribution in [0, 0.1) is 0 Å². The molecule has 2 N–H and O–H groups in total. The van der Waals surface area contributed by atoms with Gasteiger partial charge in [0.1, 0.15) is 5.75 Å². The number of carboxylic acid groups (broad SMARTS) is 2. The largest absolute Gasteiger partial charge is 2.00 e. The third kappa shape index (κ3) is 11.1. The Balaban J connectivity index is 0.00000102. The van der Waals surface area contributed by atoms with E-state index in [2.05, 4.69) is 39.4 Å². The van der Waals surface area contributed by atoms with E-state index in [-0.39, 0.29) is 42.0 Å².